The second-order valence-corrected chi connectivity index (χ2v) is 9.86. The van der Waals surface area contributed by atoms with Gasteiger partial charge in [0, 0.05) is 17.5 Å². The fourth-order valence-corrected chi connectivity index (χ4v) is 4.76. The zero-order valence-electron chi connectivity index (χ0n) is 20.5. The maximum atomic E-state index is 14.6. The number of nitrogens with one attached hydrogen (secondary N) is 1. The third-order valence-electron chi connectivity index (χ3n) is 6.52. The van der Waals surface area contributed by atoms with Gasteiger partial charge < -0.3 is 4.74 Å². The van der Waals surface area contributed by atoms with Crippen molar-refractivity contribution < 1.29 is 22.7 Å². The Hall–Kier alpha value is -2.28. The number of unbranched alkanes of at least 4 members (excludes halogenated alkanes) is 7. The van der Waals surface area contributed by atoms with E-state index in [0.29, 0.717) is 17.4 Å². The van der Waals surface area contributed by atoms with E-state index in [-0.39, 0.29) is 17.7 Å². The molecule has 188 valence electrons. The monoisotopic (exact) mass is 478 g/mol. The highest BCUT2D eigenvalue weighted by atomic mass is 19.4. The van der Waals surface area contributed by atoms with Gasteiger partial charge >= 0.3 is 6.18 Å². The predicted molar refractivity (Wildman–Crippen MR) is 130 cm³/mol. The molecule has 1 N–H and O–H groups in total. The van der Waals surface area contributed by atoms with Crippen LogP contribution in [0.1, 0.15) is 90.2 Å². The summed E-state index contributed by atoms with van der Waals surface area (Å²) in [6, 6.07) is 8.43. The van der Waals surface area contributed by atoms with Gasteiger partial charge in [0.2, 0.25) is 5.91 Å². The summed E-state index contributed by atoms with van der Waals surface area (Å²) in [6.45, 7) is 5.85. The molecule has 0 aliphatic carbocycles. The third-order valence-corrected chi connectivity index (χ3v) is 6.52. The first-order valence-electron chi connectivity index (χ1n) is 12.4. The van der Waals surface area contributed by atoms with Crippen LogP contribution in [0.4, 0.5) is 13.2 Å². The number of benzene rings is 2. The molecule has 0 aromatic heterocycles. The second-order valence-electron chi connectivity index (χ2n) is 9.86. The van der Waals surface area contributed by atoms with Gasteiger partial charge in [0.15, 0.2) is 6.04 Å². The lowest BCUT2D eigenvalue weighted by Crippen LogP contribution is -2.51. The predicted octanol–water partition coefficient (Wildman–Crippen LogP) is 7.48. The molecule has 1 unspecified atom stereocenters. The number of fused-ring (bicyclic) bond motifs is 1. The van der Waals surface area contributed by atoms with Crippen molar-refractivity contribution >= 4 is 16.7 Å². The highest BCUT2D eigenvalue weighted by Crippen LogP contribution is 2.48. The van der Waals surface area contributed by atoms with E-state index >= 15 is 0 Å². The molecule has 0 spiro atoms. The first kappa shape index (κ1) is 26.3. The Bertz CT molecular complexity index is 959. The summed E-state index contributed by atoms with van der Waals surface area (Å²) in [5.74, 6) is -0.193. The van der Waals surface area contributed by atoms with Crippen LogP contribution < -0.4 is 10.2 Å². The minimum Gasteiger partial charge on any atom is -0.493 e. The van der Waals surface area contributed by atoms with Crippen LogP contribution in [0.2, 0.25) is 0 Å². The van der Waals surface area contributed by atoms with Crippen LogP contribution in [0.5, 0.6) is 5.75 Å². The average Bonchev–Trinajstić information content (AvgIpc) is 3.04. The number of hydrogen-bond acceptors (Lipinski definition) is 3. The number of carbonyl (C=O) groups is 1. The van der Waals surface area contributed by atoms with Crippen LogP contribution >= 0.6 is 0 Å². The van der Waals surface area contributed by atoms with Crippen LogP contribution in [0.25, 0.3) is 10.8 Å². The van der Waals surface area contributed by atoms with Crippen molar-refractivity contribution in [1.82, 2.24) is 10.4 Å². The molecule has 0 bridgehead atoms. The molecule has 1 aliphatic rings. The van der Waals surface area contributed by atoms with Gasteiger partial charge in [-0.2, -0.15) is 18.2 Å². The third kappa shape index (κ3) is 6.44. The molecule has 2 aromatic carbocycles. The molecule has 1 saturated heterocycles. The minimum atomic E-state index is -4.62. The molecule has 1 heterocycles. The zero-order valence-corrected chi connectivity index (χ0v) is 20.5. The van der Waals surface area contributed by atoms with E-state index in [4.69, 9.17) is 4.74 Å². The van der Waals surface area contributed by atoms with E-state index in [9.17, 15) is 18.0 Å². The quantitative estimate of drug-likeness (QED) is 0.322. The molecule has 7 heteroatoms. The fraction of sp³-hybridized carbons (Fsp3) is 0.593. The summed E-state index contributed by atoms with van der Waals surface area (Å²) in [5.41, 5.74) is 1.52. The maximum Gasteiger partial charge on any atom is 0.410 e. The second kappa shape index (κ2) is 11.4. The molecule has 1 amide bonds. The van der Waals surface area contributed by atoms with Crippen molar-refractivity contribution in [2.24, 2.45) is 0 Å². The lowest BCUT2D eigenvalue weighted by molar-refractivity contribution is -0.203. The van der Waals surface area contributed by atoms with Gasteiger partial charge in [-0.05, 0) is 37.1 Å². The first-order chi connectivity index (χ1) is 16.1. The Kier molecular flexibility index (Phi) is 8.85. The molecule has 1 fully saturated rings. The van der Waals surface area contributed by atoms with Crippen molar-refractivity contribution in [2.75, 3.05) is 6.61 Å². The van der Waals surface area contributed by atoms with Gasteiger partial charge in [0.25, 0.3) is 0 Å². The number of ether oxygens (including phenoxy) is 1. The Morgan fingerprint density at radius 3 is 2.26 bits per heavy atom. The Morgan fingerprint density at radius 2 is 1.65 bits per heavy atom. The summed E-state index contributed by atoms with van der Waals surface area (Å²) >= 11 is 0. The average molecular weight is 479 g/mol. The number of amides is 1. The van der Waals surface area contributed by atoms with Gasteiger partial charge in [0.1, 0.15) is 5.75 Å². The Morgan fingerprint density at radius 1 is 1.00 bits per heavy atom. The van der Waals surface area contributed by atoms with E-state index in [1.54, 1.807) is 50.2 Å². The highest BCUT2D eigenvalue weighted by Gasteiger charge is 2.54. The van der Waals surface area contributed by atoms with Crippen molar-refractivity contribution in [3.63, 3.8) is 0 Å². The SMILES string of the molecule is CCCCCCCCCCOc1ccc2ccccc2c1C(N1NC(=O)CC1(C)C)C(F)(F)F. The van der Waals surface area contributed by atoms with Crippen molar-refractivity contribution in [2.45, 2.75) is 96.3 Å². The van der Waals surface area contributed by atoms with Crippen LogP contribution in [0, 0.1) is 0 Å². The first-order valence-corrected chi connectivity index (χ1v) is 12.4. The van der Waals surface area contributed by atoms with Crippen molar-refractivity contribution in [1.29, 1.82) is 0 Å². The lowest BCUT2D eigenvalue weighted by Gasteiger charge is -2.38. The lowest BCUT2D eigenvalue weighted by atomic mass is 9.93. The topological polar surface area (TPSA) is 41.6 Å². The molecule has 3 rings (SSSR count). The van der Waals surface area contributed by atoms with E-state index in [0.717, 1.165) is 24.3 Å². The standard InChI is InChI=1S/C27H37F3N2O2/c1-4-5-6-7-8-9-10-13-18-34-22-17-16-20-14-11-12-15-21(20)24(22)25(27(28,29)30)32-26(2,3)19-23(33)31-32/h11-12,14-17,25H,4-10,13,18-19H2,1-3H3,(H,31,33). The summed E-state index contributed by atoms with van der Waals surface area (Å²) in [7, 11) is 0. The van der Waals surface area contributed by atoms with Crippen molar-refractivity contribution in [3.8, 4) is 5.75 Å². The van der Waals surface area contributed by atoms with Crippen molar-refractivity contribution in [3.05, 3.63) is 42.0 Å². The van der Waals surface area contributed by atoms with E-state index in [1.165, 1.54) is 32.1 Å². The number of alkyl halides is 3. The number of hydrogen-bond donors (Lipinski definition) is 1. The molecule has 4 nitrogen and oxygen atoms in total. The smallest absolute Gasteiger partial charge is 0.410 e. The number of nitrogens with zero attached hydrogens (tertiary/aromatic N) is 1. The molecule has 0 saturated carbocycles. The normalized spacial score (nSPS) is 17.2. The van der Waals surface area contributed by atoms with Gasteiger partial charge in [-0.1, -0.05) is 82.2 Å². The van der Waals surface area contributed by atoms with E-state index < -0.39 is 23.7 Å². The van der Waals surface area contributed by atoms with Crippen LogP contribution in [0.15, 0.2) is 36.4 Å². The molecule has 0 radical (unpaired) electrons. The maximum absolute atomic E-state index is 14.6. The fourth-order valence-electron chi connectivity index (χ4n) is 4.76. The largest absolute Gasteiger partial charge is 0.493 e. The van der Waals surface area contributed by atoms with Gasteiger partial charge in [-0.25, -0.2) is 0 Å². The molecular formula is C27H37F3N2O2. The van der Waals surface area contributed by atoms with Crippen LogP contribution in [-0.4, -0.2) is 29.2 Å². The summed E-state index contributed by atoms with van der Waals surface area (Å²) in [4.78, 5) is 12.1. The molecule has 34 heavy (non-hydrogen) atoms. The van der Waals surface area contributed by atoms with Crippen LogP contribution in [-0.2, 0) is 4.79 Å². The van der Waals surface area contributed by atoms with Crippen LogP contribution in [0.3, 0.4) is 0 Å². The zero-order chi connectivity index (χ0) is 24.8. The summed E-state index contributed by atoms with van der Waals surface area (Å²) < 4.78 is 49.8. The number of halogens is 3. The number of carbonyl (C=O) groups excluding carboxylic acids is 1. The number of rotatable bonds is 12. The molecular weight excluding hydrogens is 441 g/mol. The minimum absolute atomic E-state index is 0.00120. The van der Waals surface area contributed by atoms with E-state index in [1.807, 2.05) is 0 Å². The van der Waals surface area contributed by atoms with Gasteiger partial charge in [0.05, 0.1) is 6.61 Å². The summed E-state index contributed by atoms with van der Waals surface area (Å²) in [6.07, 6.45) is 4.44. The molecule has 1 atom stereocenters. The van der Waals surface area contributed by atoms with Gasteiger partial charge in [-0.15, -0.1) is 0 Å². The number of hydrazine groups is 1. The molecule has 1 aliphatic heterocycles. The highest BCUT2D eigenvalue weighted by molar-refractivity contribution is 5.88. The Labute approximate surface area is 200 Å². The molecule has 2 aromatic rings. The Balaban J connectivity index is 1.83. The van der Waals surface area contributed by atoms with Gasteiger partial charge in [-0.3, -0.25) is 10.2 Å². The van der Waals surface area contributed by atoms with E-state index in [2.05, 4.69) is 12.3 Å². The summed E-state index contributed by atoms with van der Waals surface area (Å²) in [5, 5.41) is 2.24.